The van der Waals surface area contributed by atoms with Crippen molar-refractivity contribution in [1.29, 1.82) is 0 Å². The predicted molar refractivity (Wildman–Crippen MR) is 95.9 cm³/mol. The van der Waals surface area contributed by atoms with Crippen molar-refractivity contribution in [3.8, 4) is 0 Å². The standard InChI is InChI=1S/C18H20ClN3O3/c19-15-7-3-2-6-14(15)12-21-11-8-16(23)22(18(21)25)13-17(24)20-9-4-1-5-10-20/h2-3,6-8,11H,1,4-5,9-10,12-13H2. The molecular formula is C18H20ClN3O3. The average Bonchev–Trinajstić information content (AvgIpc) is 2.63. The maximum absolute atomic E-state index is 12.6. The Labute approximate surface area is 150 Å². The molecule has 1 aromatic carbocycles. The number of carbonyl (C=O) groups is 1. The fraction of sp³-hybridized carbons (Fsp3) is 0.389. The van der Waals surface area contributed by atoms with Crippen molar-refractivity contribution in [2.75, 3.05) is 13.1 Å². The van der Waals surface area contributed by atoms with Crippen LogP contribution in [-0.4, -0.2) is 33.0 Å². The number of amides is 1. The highest BCUT2D eigenvalue weighted by Gasteiger charge is 2.18. The molecule has 6 nitrogen and oxygen atoms in total. The van der Waals surface area contributed by atoms with Gasteiger partial charge in [-0.25, -0.2) is 4.79 Å². The SMILES string of the molecule is O=C(Cn1c(=O)ccn(Cc2ccccc2Cl)c1=O)N1CCCCC1. The van der Waals surface area contributed by atoms with Crippen molar-refractivity contribution < 1.29 is 4.79 Å². The van der Waals surface area contributed by atoms with E-state index in [0.29, 0.717) is 18.1 Å². The molecule has 0 atom stereocenters. The largest absolute Gasteiger partial charge is 0.341 e. The smallest absolute Gasteiger partial charge is 0.331 e. The molecule has 1 aromatic heterocycles. The van der Waals surface area contributed by atoms with Gasteiger partial charge in [0.2, 0.25) is 5.91 Å². The third-order valence-electron chi connectivity index (χ3n) is 4.44. The van der Waals surface area contributed by atoms with E-state index in [1.54, 1.807) is 11.0 Å². The molecular weight excluding hydrogens is 342 g/mol. The van der Waals surface area contributed by atoms with Crippen LogP contribution in [0.4, 0.5) is 0 Å². The van der Waals surface area contributed by atoms with Crippen molar-refractivity contribution >= 4 is 17.5 Å². The first-order valence-electron chi connectivity index (χ1n) is 8.38. The molecule has 2 heterocycles. The number of benzene rings is 1. The summed E-state index contributed by atoms with van der Waals surface area (Å²) in [7, 11) is 0. The predicted octanol–water partition coefficient (Wildman–Crippen LogP) is 1.72. The fourth-order valence-corrected chi connectivity index (χ4v) is 3.21. The number of rotatable bonds is 4. The number of halogens is 1. The number of likely N-dealkylation sites (tertiary alicyclic amines) is 1. The summed E-state index contributed by atoms with van der Waals surface area (Å²) in [6.07, 6.45) is 4.48. The quantitative estimate of drug-likeness (QED) is 0.833. The Balaban J connectivity index is 1.85. The highest BCUT2D eigenvalue weighted by molar-refractivity contribution is 6.31. The van der Waals surface area contributed by atoms with E-state index in [4.69, 9.17) is 11.6 Å². The van der Waals surface area contributed by atoms with Gasteiger partial charge in [-0.15, -0.1) is 0 Å². The Bertz CT molecular complexity index is 882. The van der Waals surface area contributed by atoms with Gasteiger partial charge in [-0.05, 0) is 30.9 Å². The first-order chi connectivity index (χ1) is 12.1. The first-order valence-corrected chi connectivity index (χ1v) is 8.75. The molecule has 1 amide bonds. The van der Waals surface area contributed by atoms with Crippen LogP contribution in [-0.2, 0) is 17.9 Å². The molecule has 0 aliphatic carbocycles. The van der Waals surface area contributed by atoms with Crippen molar-refractivity contribution in [3.05, 3.63) is 68.0 Å². The van der Waals surface area contributed by atoms with Crippen LogP contribution < -0.4 is 11.2 Å². The Morgan fingerprint density at radius 3 is 2.48 bits per heavy atom. The van der Waals surface area contributed by atoms with E-state index in [-0.39, 0.29) is 19.0 Å². The number of hydrogen-bond acceptors (Lipinski definition) is 3. The van der Waals surface area contributed by atoms with Gasteiger partial charge in [-0.1, -0.05) is 29.8 Å². The van der Waals surface area contributed by atoms with Crippen LogP contribution >= 0.6 is 11.6 Å². The van der Waals surface area contributed by atoms with E-state index in [1.807, 2.05) is 18.2 Å². The van der Waals surface area contributed by atoms with Crippen molar-refractivity contribution in [2.45, 2.75) is 32.4 Å². The minimum absolute atomic E-state index is 0.186. The second kappa shape index (κ2) is 7.70. The van der Waals surface area contributed by atoms with Crippen molar-refractivity contribution in [2.24, 2.45) is 0 Å². The summed E-state index contributed by atoms with van der Waals surface area (Å²) >= 11 is 6.14. The van der Waals surface area contributed by atoms with Crippen LogP contribution in [0.15, 0.2) is 46.1 Å². The second-order valence-corrected chi connectivity index (χ2v) is 6.59. The topological polar surface area (TPSA) is 64.3 Å². The Morgan fingerprint density at radius 1 is 1.04 bits per heavy atom. The molecule has 1 aliphatic rings. The van der Waals surface area contributed by atoms with Crippen LogP contribution in [0.3, 0.4) is 0 Å². The molecule has 2 aromatic rings. The normalized spacial score (nSPS) is 14.5. The summed E-state index contributed by atoms with van der Waals surface area (Å²) in [4.78, 5) is 38.8. The number of aromatic nitrogens is 2. The van der Waals surface area contributed by atoms with E-state index < -0.39 is 11.2 Å². The molecule has 1 saturated heterocycles. The Morgan fingerprint density at radius 2 is 1.76 bits per heavy atom. The monoisotopic (exact) mass is 361 g/mol. The summed E-state index contributed by atoms with van der Waals surface area (Å²) in [6.45, 7) is 1.40. The van der Waals surface area contributed by atoms with Gasteiger partial charge < -0.3 is 4.90 Å². The Kier molecular flexibility index (Phi) is 5.38. The molecule has 0 bridgehead atoms. The van der Waals surface area contributed by atoms with Gasteiger partial charge in [0.05, 0.1) is 6.54 Å². The minimum Gasteiger partial charge on any atom is -0.341 e. The van der Waals surface area contributed by atoms with Gasteiger partial charge in [-0.3, -0.25) is 18.7 Å². The zero-order valence-electron chi connectivity index (χ0n) is 13.9. The number of carbonyl (C=O) groups excluding carboxylic acids is 1. The van der Waals surface area contributed by atoms with Crippen LogP contribution in [0.1, 0.15) is 24.8 Å². The average molecular weight is 362 g/mol. The van der Waals surface area contributed by atoms with E-state index in [1.165, 1.54) is 16.8 Å². The molecule has 1 aliphatic heterocycles. The highest BCUT2D eigenvalue weighted by Crippen LogP contribution is 2.15. The number of nitrogens with zero attached hydrogens (tertiary/aromatic N) is 3. The molecule has 0 saturated carbocycles. The second-order valence-electron chi connectivity index (χ2n) is 6.18. The van der Waals surface area contributed by atoms with E-state index in [0.717, 1.165) is 29.4 Å². The molecule has 7 heteroatoms. The van der Waals surface area contributed by atoms with Crippen LogP contribution in [0, 0.1) is 0 Å². The summed E-state index contributed by atoms with van der Waals surface area (Å²) in [5.74, 6) is -0.186. The van der Waals surface area contributed by atoms with Crippen molar-refractivity contribution in [1.82, 2.24) is 14.0 Å². The lowest BCUT2D eigenvalue weighted by atomic mass is 10.1. The van der Waals surface area contributed by atoms with Gasteiger partial charge >= 0.3 is 5.69 Å². The van der Waals surface area contributed by atoms with Gasteiger partial charge in [0.15, 0.2) is 0 Å². The zero-order chi connectivity index (χ0) is 17.8. The van der Waals surface area contributed by atoms with Gasteiger partial charge in [0, 0.05) is 30.4 Å². The number of hydrogen-bond donors (Lipinski definition) is 0. The Hall–Kier alpha value is -2.34. The summed E-state index contributed by atoms with van der Waals surface area (Å²) in [5, 5.41) is 0.552. The molecule has 3 rings (SSSR count). The van der Waals surface area contributed by atoms with E-state index >= 15 is 0 Å². The molecule has 132 valence electrons. The van der Waals surface area contributed by atoms with Crippen LogP contribution in [0.5, 0.6) is 0 Å². The van der Waals surface area contributed by atoms with Gasteiger partial charge in [0.25, 0.3) is 5.56 Å². The summed E-state index contributed by atoms with van der Waals surface area (Å²) in [6, 6.07) is 8.53. The van der Waals surface area contributed by atoms with E-state index in [2.05, 4.69) is 0 Å². The van der Waals surface area contributed by atoms with Crippen LogP contribution in [0.25, 0.3) is 0 Å². The lowest BCUT2D eigenvalue weighted by molar-refractivity contribution is -0.132. The molecule has 1 fully saturated rings. The first kappa shape index (κ1) is 17.5. The fourth-order valence-electron chi connectivity index (χ4n) is 3.01. The zero-order valence-corrected chi connectivity index (χ0v) is 14.6. The molecule has 0 N–H and O–H groups in total. The maximum Gasteiger partial charge on any atom is 0.331 e. The highest BCUT2D eigenvalue weighted by atomic mass is 35.5. The summed E-state index contributed by atoms with van der Waals surface area (Å²) < 4.78 is 2.39. The maximum atomic E-state index is 12.6. The molecule has 0 spiro atoms. The lowest BCUT2D eigenvalue weighted by Crippen LogP contribution is -2.45. The molecule has 25 heavy (non-hydrogen) atoms. The van der Waals surface area contributed by atoms with E-state index in [9.17, 15) is 14.4 Å². The molecule has 0 radical (unpaired) electrons. The van der Waals surface area contributed by atoms with Crippen LogP contribution in [0.2, 0.25) is 5.02 Å². The number of piperidine rings is 1. The van der Waals surface area contributed by atoms with Gasteiger partial charge in [-0.2, -0.15) is 0 Å². The minimum atomic E-state index is -0.502. The van der Waals surface area contributed by atoms with Gasteiger partial charge in [0.1, 0.15) is 6.54 Å². The molecule has 0 unspecified atom stereocenters. The third kappa shape index (κ3) is 4.02. The summed E-state index contributed by atoms with van der Waals surface area (Å²) in [5.41, 5.74) is -0.192. The van der Waals surface area contributed by atoms with Crippen molar-refractivity contribution in [3.63, 3.8) is 0 Å². The third-order valence-corrected chi connectivity index (χ3v) is 4.81. The lowest BCUT2D eigenvalue weighted by Gasteiger charge is -2.26.